The van der Waals surface area contributed by atoms with Crippen molar-refractivity contribution in [1.82, 2.24) is 4.90 Å². The molecular formula is C21H26N2O5. The average Bonchev–Trinajstić information content (AvgIpc) is 2.60. The third-order valence-corrected chi connectivity index (χ3v) is 4.36. The number of nitrogens with zero attached hydrogens (tertiary/aromatic N) is 2. The van der Waals surface area contributed by atoms with Crippen LogP contribution in [0.1, 0.15) is 37.9 Å². The minimum atomic E-state index is -1.10. The summed E-state index contributed by atoms with van der Waals surface area (Å²) >= 11 is 0. The van der Waals surface area contributed by atoms with Crippen molar-refractivity contribution in [3.05, 3.63) is 69.8 Å². The zero-order chi connectivity index (χ0) is 20.9. The number of nitro groups is 1. The molecule has 0 radical (unpaired) electrons. The van der Waals surface area contributed by atoms with Crippen LogP contribution in [-0.2, 0) is 0 Å². The fourth-order valence-corrected chi connectivity index (χ4v) is 3.26. The van der Waals surface area contributed by atoms with E-state index in [1.807, 2.05) is 52.0 Å². The fourth-order valence-electron chi connectivity index (χ4n) is 3.26. The van der Waals surface area contributed by atoms with Crippen LogP contribution >= 0.6 is 0 Å². The predicted octanol–water partition coefficient (Wildman–Crippen LogP) is 5.05. The van der Waals surface area contributed by atoms with Crippen molar-refractivity contribution in [1.29, 1.82) is 0 Å². The van der Waals surface area contributed by atoms with Crippen LogP contribution in [0.4, 0.5) is 10.5 Å². The van der Waals surface area contributed by atoms with Crippen molar-refractivity contribution in [2.75, 3.05) is 13.2 Å². The van der Waals surface area contributed by atoms with E-state index in [0.717, 1.165) is 5.56 Å². The van der Waals surface area contributed by atoms with Crippen LogP contribution in [0.15, 0.2) is 48.5 Å². The largest absolute Gasteiger partial charge is 0.492 e. The Hall–Kier alpha value is -3.09. The monoisotopic (exact) mass is 386 g/mol. The molecule has 0 fully saturated rings. The van der Waals surface area contributed by atoms with E-state index in [1.165, 1.54) is 17.0 Å². The Morgan fingerprint density at radius 3 is 2.46 bits per heavy atom. The molecule has 0 aliphatic heterocycles. The fraction of sp³-hybridized carbons (Fsp3) is 0.381. The molecule has 0 aromatic heterocycles. The summed E-state index contributed by atoms with van der Waals surface area (Å²) in [5.41, 5.74) is 1.10. The van der Waals surface area contributed by atoms with Crippen LogP contribution in [0.3, 0.4) is 0 Å². The van der Waals surface area contributed by atoms with E-state index < -0.39 is 22.5 Å². The Morgan fingerprint density at radius 2 is 1.89 bits per heavy atom. The molecule has 0 spiro atoms. The number of benzene rings is 2. The summed E-state index contributed by atoms with van der Waals surface area (Å²) in [6.45, 7) is 8.00. The highest BCUT2D eigenvalue weighted by Crippen LogP contribution is 2.39. The molecule has 150 valence electrons. The summed E-state index contributed by atoms with van der Waals surface area (Å²) < 4.78 is 5.71. The zero-order valence-corrected chi connectivity index (χ0v) is 16.6. The first-order valence-electron chi connectivity index (χ1n) is 9.03. The van der Waals surface area contributed by atoms with Gasteiger partial charge in [-0.15, -0.1) is 0 Å². The molecule has 0 aliphatic carbocycles. The van der Waals surface area contributed by atoms with Gasteiger partial charge >= 0.3 is 6.09 Å². The van der Waals surface area contributed by atoms with Crippen molar-refractivity contribution in [2.45, 2.75) is 33.7 Å². The number of nitro benzene ring substituents is 1. The average molecular weight is 386 g/mol. The van der Waals surface area contributed by atoms with Crippen LogP contribution in [-0.4, -0.2) is 34.2 Å². The lowest BCUT2D eigenvalue weighted by atomic mass is 9.81. The molecule has 0 aliphatic rings. The standard InChI is InChI=1S/C21H26N2O5/c1-15-7-5-10-18(13-15)28-12-11-22(20(24)25)19(21(2,3)4)16-8-6-9-17(14-16)23(26)27/h5-10,13-14,19H,11-12H2,1-4H3,(H,24,25). The summed E-state index contributed by atoms with van der Waals surface area (Å²) in [7, 11) is 0. The molecule has 2 rings (SSSR count). The number of non-ortho nitro benzene ring substituents is 1. The van der Waals surface area contributed by atoms with Gasteiger partial charge < -0.3 is 9.84 Å². The quantitative estimate of drug-likeness (QED) is 0.531. The smallest absolute Gasteiger partial charge is 0.407 e. The molecule has 2 aromatic carbocycles. The van der Waals surface area contributed by atoms with Gasteiger partial charge in [-0.25, -0.2) is 4.79 Å². The molecule has 1 amide bonds. The summed E-state index contributed by atoms with van der Waals surface area (Å²) in [6, 6.07) is 13.1. The molecule has 7 heteroatoms. The SMILES string of the molecule is Cc1cccc(OCCN(C(=O)O)C(c2cccc([N+](=O)[O-])c2)C(C)(C)C)c1. The first-order valence-corrected chi connectivity index (χ1v) is 9.03. The molecule has 0 saturated carbocycles. The lowest BCUT2D eigenvalue weighted by molar-refractivity contribution is -0.385. The third kappa shape index (κ3) is 5.45. The molecular weight excluding hydrogens is 360 g/mol. The van der Waals surface area contributed by atoms with Crippen LogP contribution in [0.5, 0.6) is 5.75 Å². The molecule has 0 heterocycles. The number of rotatable bonds is 7. The van der Waals surface area contributed by atoms with Crippen LogP contribution < -0.4 is 4.74 Å². The van der Waals surface area contributed by atoms with E-state index in [2.05, 4.69) is 0 Å². The molecule has 28 heavy (non-hydrogen) atoms. The van der Waals surface area contributed by atoms with Gasteiger partial charge in [0.25, 0.3) is 5.69 Å². The highest BCUT2D eigenvalue weighted by molar-refractivity contribution is 5.66. The van der Waals surface area contributed by atoms with Crippen molar-refractivity contribution in [3.8, 4) is 5.75 Å². The highest BCUT2D eigenvalue weighted by atomic mass is 16.6. The van der Waals surface area contributed by atoms with E-state index in [-0.39, 0.29) is 18.8 Å². The van der Waals surface area contributed by atoms with Gasteiger partial charge in [0.15, 0.2) is 0 Å². The summed E-state index contributed by atoms with van der Waals surface area (Å²) in [5, 5.41) is 21.0. The lowest BCUT2D eigenvalue weighted by Crippen LogP contribution is -2.42. The minimum Gasteiger partial charge on any atom is -0.492 e. The Bertz CT molecular complexity index is 845. The molecule has 1 N–H and O–H groups in total. The van der Waals surface area contributed by atoms with Gasteiger partial charge in [-0.05, 0) is 35.6 Å². The van der Waals surface area contributed by atoms with Crippen molar-refractivity contribution in [3.63, 3.8) is 0 Å². The number of hydrogen-bond donors (Lipinski definition) is 1. The Morgan fingerprint density at radius 1 is 1.21 bits per heavy atom. The van der Waals surface area contributed by atoms with E-state index in [0.29, 0.717) is 11.3 Å². The maximum absolute atomic E-state index is 12.0. The number of hydrogen-bond acceptors (Lipinski definition) is 4. The van der Waals surface area contributed by atoms with Gasteiger partial charge in [0.2, 0.25) is 0 Å². The minimum absolute atomic E-state index is 0.0619. The Kier molecular flexibility index (Phi) is 6.62. The summed E-state index contributed by atoms with van der Waals surface area (Å²) in [4.78, 5) is 24.0. The second-order valence-electron chi connectivity index (χ2n) is 7.76. The normalized spacial score (nSPS) is 12.3. The molecule has 0 bridgehead atoms. The molecule has 1 atom stereocenters. The van der Waals surface area contributed by atoms with Gasteiger partial charge in [0.05, 0.1) is 17.5 Å². The molecule has 1 unspecified atom stereocenters. The third-order valence-electron chi connectivity index (χ3n) is 4.36. The second kappa shape index (κ2) is 8.73. The maximum Gasteiger partial charge on any atom is 0.407 e. The van der Waals surface area contributed by atoms with Gasteiger partial charge in [-0.3, -0.25) is 15.0 Å². The summed E-state index contributed by atoms with van der Waals surface area (Å²) in [6.07, 6.45) is -1.10. The highest BCUT2D eigenvalue weighted by Gasteiger charge is 2.35. The van der Waals surface area contributed by atoms with E-state index in [9.17, 15) is 20.0 Å². The molecule has 0 saturated heterocycles. The topological polar surface area (TPSA) is 92.9 Å². The number of carbonyl (C=O) groups is 1. The molecule has 7 nitrogen and oxygen atoms in total. The number of ether oxygens (including phenoxy) is 1. The van der Waals surface area contributed by atoms with Crippen molar-refractivity contribution in [2.24, 2.45) is 5.41 Å². The van der Waals surface area contributed by atoms with Crippen molar-refractivity contribution >= 4 is 11.8 Å². The van der Waals surface area contributed by atoms with Gasteiger partial charge in [0, 0.05) is 12.1 Å². The molecule has 2 aromatic rings. The van der Waals surface area contributed by atoms with E-state index in [4.69, 9.17) is 4.74 Å². The Balaban J connectivity index is 2.26. The second-order valence-corrected chi connectivity index (χ2v) is 7.76. The summed E-state index contributed by atoms with van der Waals surface area (Å²) in [5.74, 6) is 0.674. The number of aryl methyl sites for hydroxylation is 1. The van der Waals surface area contributed by atoms with Gasteiger partial charge in [-0.2, -0.15) is 0 Å². The Labute approximate surface area is 164 Å². The van der Waals surface area contributed by atoms with Gasteiger partial charge in [-0.1, -0.05) is 45.0 Å². The van der Waals surface area contributed by atoms with Crippen LogP contribution in [0, 0.1) is 22.5 Å². The number of carboxylic acid groups (broad SMARTS) is 1. The maximum atomic E-state index is 12.0. The van der Waals surface area contributed by atoms with Crippen LogP contribution in [0.25, 0.3) is 0 Å². The number of amides is 1. The van der Waals surface area contributed by atoms with E-state index in [1.54, 1.807) is 12.1 Å². The van der Waals surface area contributed by atoms with E-state index >= 15 is 0 Å². The van der Waals surface area contributed by atoms with Crippen molar-refractivity contribution < 1.29 is 19.6 Å². The zero-order valence-electron chi connectivity index (χ0n) is 16.6. The lowest BCUT2D eigenvalue weighted by Gasteiger charge is -2.39. The first-order chi connectivity index (χ1) is 13.1. The van der Waals surface area contributed by atoms with Crippen LogP contribution in [0.2, 0.25) is 0 Å². The predicted molar refractivity (Wildman–Crippen MR) is 107 cm³/mol. The first kappa shape index (κ1) is 21.2. The van der Waals surface area contributed by atoms with Gasteiger partial charge in [0.1, 0.15) is 12.4 Å².